The van der Waals surface area contributed by atoms with Crippen LogP contribution in [0, 0.1) is 0 Å². The van der Waals surface area contributed by atoms with Gasteiger partial charge in [0.2, 0.25) is 0 Å². The summed E-state index contributed by atoms with van der Waals surface area (Å²) in [6.07, 6.45) is -0.395. The van der Waals surface area contributed by atoms with Crippen molar-refractivity contribution in [3.8, 4) is 0 Å². The first kappa shape index (κ1) is 8.41. The summed E-state index contributed by atoms with van der Waals surface area (Å²) in [6, 6.07) is 7.36. The Kier molecular flexibility index (Phi) is 2.12. The fourth-order valence-electron chi connectivity index (χ4n) is 1.47. The summed E-state index contributed by atoms with van der Waals surface area (Å²) in [5.41, 5.74) is 1.53. The number of hydrogen-bond donors (Lipinski definition) is 0. The Morgan fingerprint density at radius 1 is 1.46 bits per heavy atom. The predicted molar refractivity (Wildman–Crippen MR) is 46.5 cm³/mol. The second-order valence-corrected chi connectivity index (χ2v) is 2.89. The molecule has 0 fully saturated rings. The van der Waals surface area contributed by atoms with E-state index in [9.17, 15) is 4.79 Å². The molecule has 1 aliphatic rings. The SMILES string of the molecule is CO[C@H]1OCC(=O)c2ccccc21. The minimum absolute atomic E-state index is 0.0175. The van der Waals surface area contributed by atoms with Gasteiger partial charge < -0.3 is 9.47 Å². The molecule has 13 heavy (non-hydrogen) atoms. The van der Waals surface area contributed by atoms with E-state index in [1.165, 1.54) is 0 Å². The standard InChI is InChI=1S/C10H10O3/c1-12-10-8-5-3-2-4-7(8)9(11)6-13-10/h2-5,10H,6H2,1H3/t10-/m0/s1. The van der Waals surface area contributed by atoms with Gasteiger partial charge in [0.25, 0.3) is 0 Å². The van der Waals surface area contributed by atoms with E-state index in [1.54, 1.807) is 13.2 Å². The molecule has 3 heteroatoms. The van der Waals surface area contributed by atoms with Gasteiger partial charge in [-0.2, -0.15) is 0 Å². The minimum atomic E-state index is -0.395. The predicted octanol–water partition coefficient (Wildman–Crippen LogP) is 1.54. The summed E-state index contributed by atoms with van der Waals surface area (Å²) in [5, 5.41) is 0. The van der Waals surface area contributed by atoms with Crippen molar-refractivity contribution >= 4 is 5.78 Å². The third-order valence-electron chi connectivity index (χ3n) is 2.10. The summed E-state index contributed by atoms with van der Waals surface area (Å²) in [4.78, 5) is 11.4. The van der Waals surface area contributed by atoms with Crippen molar-refractivity contribution in [2.24, 2.45) is 0 Å². The van der Waals surface area contributed by atoms with Crippen molar-refractivity contribution in [3.63, 3.8) is 0 Å². The summed E-state index contributed by atoms with van der Waals surface area (Å²) in [6.45, 7) is 0.107. The smallest absolute Gasteiger partial charge is 0.189 e. The molecule has 1 heterocycles. The van der Waals surface area contributed by atoms with Gasteiger partial charge in [-0.25, -0.2) is 0 Å². The number of hydrogen-bond acceptors (Lipinski definition) is 3. The summed E-state index contributed by atoms with van der Waals surface area (Å²) >= 11 is 0. The highest BCUT2D eigenvalue weighted by molar-refractivity contribution is 5.99. The molecule has 0 saturated carbocycles. The van der Waals surface area contributed by atoms with Crippen molar-refractivity contribution in [1.82, 2.24) is 0 Å². The zero-order chi connectivity index (χ0) is 9.26. The molecule has 2 rings (SSSR count). The summed E-state index contributed by atoms with van der Waals surface area (Å²) in [5.74, 6) is 0.0175. The van der Waals surface area contributed by atoms with Crippen molar-refractivity contribution in [2.45, 2.75) is 6.29 Å². The number of carbonyl (C=O) groups is 1. The lowest BCUT2D eigenvalue weighted by atomic mass is 10.0. The average molecular weight is 178 g/mol. The second-order valence-electron chi connectivity index (χ2n) is 2.89. The van der Waals surface area contributed by atoms with Crippen LogP contribution in [0.1, 0.15) is 22.2 Å². The molecule has 0 bridgehead atoms. The fraction of sp³-hybridized carbons (Fsp3) is 0.300. The summed E-state index contributed by atoms with van der Waals surface area (Å²) in [7, 11) is 1.57. The van der Waals surface area contributed by atoms with Crippen LogP contribution in [0.25, 0.3) is 0 Å². The lowest BCUT2D eigenvalue weighted by Crippen LogP contribution is -2.23. The van der Waals surface area contributed by atoms with Crippen molar-refractivity contribution in [2.75, 3.05) is 13.7 Å². The molecule has 0 N–H and O–H groups in total. The molecule has 0 unspecified atom stereocenters. The quantitative estimate of drug-likeness (QED) is 0.654. The van der Waals surface area contributed by atoms with E-state index in [-0.39, 0.29) is 12.4 Å². The Morgan fingerprint density at radius 3 is 3.00 bits per heavy atom. The highest BCUT2D eigenvalue weighted by atomic mass is 16.7. The van der Waals surface area contributed by atoms with Gasteiger partial charge in [-0.05, 0) is 0 Å². The van der Waals surface area contributed by atoms with Gasteiger partial charge in [0.05, 0.1) is 0 Å². The van der Waals surface area contributed by atoms with E-state index in [2.05, 4.69) is 0 Å². The lowest BCUT2D eigenvalue weighted by Gasteiger charge is -2.23. The number of ketones is 1. The Morgan fingerprint density at radius 2 is 2.23 bits per heavy atom. The van der Waals surface area contributed by atoms with Crippen LogP contribution in [0.2, 0.25) is 0 Å². The molecular formula is C10H10O3. The number of carbonyl (C=O) groups excluding carboxylic acids is 1. The first-order chi connectivity index (χ1) is 6.33. The molecule has 68 valence electrons. The zero-order valence-electron chi connectivity index (χ0n) is 7.32. The highest BCUT2D eigenvalue weighted by Crippen LogP contribution is 2.26. The maximum Gasteiger partial charge on any atom is 0.189 e. The number of ether oxygens (including phenoxy) is 2. The van der Waals surface area contributed by atoms with Crippen LogP contribution >= 0.6 is 0 Å². The van der Waals surface area contributed by atoms with Crippen molar-refractivity contribution < 1.29 is 14.3 Å². The Hall–Kier alpha value is -1.19. The van der Waals surface area contributed by atoms with Gasteiger partial charge in [-0.3, -0.25) is 4.79 Å². The van der Waals surface area contributed by atoms with E-state index in [1.807, 2.05) is 18.2 Å². The second kappa shape index (κ2) is 3.28. The van der Waals surface area contributed by atoms with Crippen LogP contribution in [-0.4, -0.2) is 19.5 Å². The first-order valence-electron chi connectivity index (χ1n) is 4.09. The van der Waals surface area contributed by atoms with Gasteiger partial charge in [-0.15, -0.1) is 0 Å². The monoisotopic (exact) mass is 178 g/mol. The topological polar surface area (TPSA) is 35.5 Å². The number of fused-ring (bicyclic) bond motifs is 1. The molecular weight excluding hydrogens is 168 g/mol. The normalized spacial score (nSPS) is 21.3. The van der Waals surface area contributed by atoms with E-state index in [0.29, 0.717) is 5.56 Å². The van der Waals surface area contributed by atoms with Crippen LogP contribution in [0.15, 0.2) is 24.3 Å². The molecule has 1 aromatic carbocycles. The molecule has 1 aliphatic heterocycles. The van der Waals surface area contributed by atoms with Crippen molar-refractivity contribution in [1.29, 1.82) is 0 Å². The molecule has 0 aromatic heterocycles. The van der Waals surface area contributed by atoms with Crippen LogP contribution in [0.5, 0.6) is 0 Å². The molecule has 1 atom stereocenters. The van der Waals surface area contributed by atoms with E-state index < -0.39 is 6.29 Å². The fourth-order valence-corrected chi connectivity index (χ4v) is 1.47. The van der Waals surface area contributed by atoms with Gasteiger partial charge in [0, 0.05) is 18.2 Å². The lowest BCUT2D eigenvalue weighted by molar-refractivity contribution is -0.124. The Bertz CT molecular complexity index is 333. The largest absolute Gasteiger partial charge is 0.352 e. The maximum absolute atomic E-state index is 11.4. The Balaban J connectivity index is 2.47. The van der Waals surface area contributed by atoms with Gasteiger partial charge in [0.15, 0.2) is 12.1 Å². The molecule has 0 spiro atoms. The molecule has 3 nitrogen and oxygen atoms in total. The van der Waals surface area contributed by atoms with E-state index >= 15 is 0 Å². The van der Waals surface area contributed by atoms with E-state index in [0.717, 1.165) is 5.56 Å². The number of Topliss-reactive ketones (excluding diaryl/α,β-unsaturated/α-hetero) is 1. The number of rotatable bonds is 1. The van der Waals surface area contributed by atoms with Crippen LogP contribution < -0.4 is 0 Å². The maximum atomic E-state index is 11.4. The zero-order valence-corrected chi connectivity index (χ0v) is 7.32. The summed E-state index contributed by atoms with van der Waals surface area (Å²) < 4.78 is 10.3. The molecule has 0 radical (unpaired) electrons. The molecule has 0 aliphatic carbocycles. The molecule has 0 amide bonds. The number of methoxy groups -OCH3 is 1. The van der Waals surface area contributed by atoms with E-state index in [4.69, 9.17) is 9.47 Å². The van der Waals surface area contributed by atoms with Gasteiger partial charge in [0.1, 0.15) is 6.61 Å². The van der Waals surface area contributed by atoms with Crippen molar-refractivity contribution in [3.05, 3.63) is 35.4 Å². The molecule has 0 saturated heterocycles. The minimum Gasteiger partial charge on any atom is -0.352 e. The van der Waals surface area contributed by atoms with Gasteiger partial charge in [-0.1, -0.05) is 24.3 Å². The average Bonchev–Trinajstić information content (AvgIpc) is 2.19. The Labute approximate surface area is 76.3 Å². The highest BCUT2D eigenvalue weighted by Gasteiger charge is 2.25. The molecule has 1 aromatic rings. The van der Waals surface area contributed by atoms with Crippen LogP contribution in [-0.2, 0) is 9.47 Å². The van der Waals surface area contributed by atoms with Crippen LogP contribution in [0.4, 0.5) is 0 Å². The first-order valence-corrected chi connectivity index (χ1v) is 4.09. The van der Waals surface area contributed by atoms with Crippen LogP contribution in [0.3, 0.4) is 0 Å². The van der Waals surface area contributed by atoms with Gasteiger partial charge >= 0.3 is 0 Å². The third kappa shape index (κ3) is 1.36. The number of benzene rings is 1. The third-order valence-corrected chi connectivity index (χ3v) is 2.10.